The van der Waals surface area contributed by atoms with E-state index in [1.165, 1.54) is 4.88 Å². The SMILES string of the molecule is CCN(C)/C=N/c1cc(C)c(Oc2nc(Br)c(C(C)(C)C)s2)cc1C. The highest BCUT2D eigenvalue weighted by molar-refractivity contribution is 9.10. The summed E-state index contributed by atoms with van der Waals surface area (Å²) in [5, 5.41) is 0.654. The number of benzene rings is 1. The van der Waals surface area contributed by atoms with Crippen LogP contribution in [-0.4, -0.2) is 29.8 Å². The number of halogens is 1. The molecule has 1 aromatic heterocycles. The third-order valence-electron chi connectivity index (χ3n) is 3.83. The first-order chi connectivity index (χ1) is 11.6. The zero-order valence-corrected chi connectivity index (χ0v) is 18.4. The van der Waals surface area contributed by atoms with Gasteiger partial charge in [0.25, 0.3) is 5.19 Å². The molecule has 6 heteroatoms. The van der Waals surface area contributed by atoms with E-state index in [9.17, 15) is 0 Å². The summed E-state index contributed by atoms with van der Waals surface area (Å²) < 4.78 is 6.92. The zero-order valence-electron chi connectivity index (χ0n) is 16.0. The molecule has 0 spiro atoms. The van der Waals surface area contributed by atoms with Crippen LogP contribution in [0.15, 0.2) is 21.7 Å². The molecule has 0 bridgehead atoms. The first-order valence-corrected chi connectivity index (χ1v) is 9.93. The monoisotopic (exact) mass is 423 g/mol. The highest BCUT2D eigenvalue weighted by Crippen LogP contribution is 2.40. The molecule has 0 fully saturated rings. The summed E-state index contributed by atoms with van der Waals surface area (Å²) in [4.78, 5) is 12.3. The van der Waals surface area contributed by atoms with Crippen molar-refractivity contribution in [2.45, 2.75) is 47.0 Å². The van der Waals surface area contributed by atoms with E-state index in [-0.39, 0.29) is 5.41 Å². The summed E-state index contributed by atoms with van der Waals surface area (Å²) in [5.74, 6) is 0.821. The van der Waals surface area contributed by atoms with Gasteiger partial charge in [-0.25, -0.2) is 4.99 Å². The van der Waals surface area contributed by atoms with Gasteiger partial charge >= 0.3 is 0 Å². The minimum Gasteiger partial charge on any atom is -0.431 e. The van der Waals surface area contributed by atoms with E-state index >= 15 is 0 Å². The summed E-state index contributed by atoms with van der Waals surface area (Å²) in [6.45, 7) is 13.6. The molecule has 0 atom stereocenters. The number of hydrogen-bond acceptors (Lipinski definition) is 4. The molecular formula is C19H26BrN3OS. The van der Waals surface area contributed by atoms with Crippen molar-refractivity contribution in [3.05, 3.63) is 32.7 Å². The molecule has 136 valence electrons. The Hall–Kier alpha value is -1.40. The normalized spacial score (nSPS) is 12.0. The number of aryl methyl sites for hydroxylation is 2. The van der Waals surface area contributed by atoms with Crippen molar-refractivity contribution in [3.8, 4) is 10.9 Å². The van der Waals surface area contributed by atoms with Crippen LogP contribution < -0.4 is 4.74 Å². The van der Waals surface area contributed by atoms with Gasteiger partial charge in [-0.05, 0) is 65.4 Å². The van der Waals surface area contributed by atoms with Crippen LogP contribution in [0.4, 0.5) is 5.69 Å². The topological polar surface area (TPSA) is 37.7 Å². The molecule has 1 aromatic carbocycles. The van der Waals surface area contributed by atoms with Gasteiger partial charge in [0.15, 0.2) is 0 Å². The minimum absolute atomic E-state index is 0.0347. The Balaban J connectivity index is 2.27. The lowest BCUT2D eigenvalue weighted by molar-refractivity contribution is 0.474. The van der Waals surface area contributed by atoms with E-state index in [4.69, 9.17) is 4.74 Å². The summed E-state index contributed by atoms with van der Waals surface area (Å²) in [7, 11) is 2.01. The summed E-state index contributed by atoms with van der Waals surface area (Å²) in [6.07, 6.45) is 1.86. The lowest BCUT2D eigenvalue weighted by Crippen LogP contribution is -2.14. The van der Waals surface area contributed by atoms with Crippen LogP contribution in [0.2, 0.25) is 0 Å². The van der Waals surface area contributed by atoms with E-state index in [1.807, 2.05) is 38.2 Å². The number of aliphatic imine (C=N–C) groups is 1. The summed E-state index contributed by atoms with van der Waals surface area (Å²) in [6, 6.07) is 4.08. The quantitative estimate of drug-likeness (QED) is 0.422. The predicted molar refractivity (Wildman–Crippen MR) is 111 cm³/mol. The molecule has 2 aromatic rings. The molecule has 0 N–H and O–H groups in total. The fourth-order valence-corrected chi connectivity index (χ4v) is 4.14. The van der Waals surface area contributed by atoms with Gasteiger partial charge in [-0.3, -0.25) is 0 Å². The number of rotatable bonds is 5. The molecule has 0 saturated carbocycles. The molecule has 0 amide bonds. The average molecular weight is 424 g/mol. The van der Waals surface area contributed by atoms with E-state index in [0.717, 1.165) is 33.7 Å². The number of hydrogen-bond donors (Lipinski definition) is 0. The van der Waals surface area contributed by atoms with Crippen molar-refractivity contribution in [3.63, 3.8) is 0 Å². The third kappa shape index (κ3) is 5.05. The average Bonchev–Trinajstić information content (AvgIpc) is 2.89. The molecule has 0 unspecified atom stereocenters. The number of thiazole rings is 1. The van der Waals surface area contributed by atoms with E-state index in [1.54, 1.807) is 11.3 Å². The van der Waals surface area contributed by atoms with Crippen LogP contribution in [0.25, 0.3) is 0 Å². The van der Waals surface area contributed by atoms with Crippen molar-refractivity contribution >= 4 is 39.3 Å². The van der Waals surface area contributed by atoms with E-state index < -0.39 is 0 Å². The van der Waals surface area contributed by atoms with Crippen molar-refractivity contribution in [2.24, 2.45) is 4.99 Å². The summed E-state index contributed by atoms with van der Waals surface area (Å²) >= 11 is 5.13. The first-order valence-electron chi connectivity index (χ1n) is 8.32. The maximum Gasteiger partial charge on any atom is 0.280 e. The van der Waals surface area contributed by atoms with Crippen molar-refractivity contribution in [1.29, 1.82) is 0 Å². The van der Waals surface area contributed by atoms with E-state index in [0.29, 0.717) is 5.19 Å². The second-order valence-electron chi connectivity index (χ2n) is 7.17. The molecule has 0 aliphatic rings. The van der Waals surface area contributed by atoms with Gasteiger partial charge in [-0.15, -0.1) is 0 Å². The highest BCUT2D eigenvalue weighted by Gasteiger charge is 2.23. The smallest absolute Gasteiger partial charge is 0.280 e. The highest BCUT2D eigenvalue weighted by atomic mass is 79.9. The Morgan fingerprint density at radius 3 is 2.52 bits per heavy atom. The largest absolute Gasteiger partial charge is 0.431 e. The van der Waals surface area contributed by atoms with Crippen LogP contribution in [0, 0.1) is 13.8 Å². The molecule has 25 heavy (non-hydrogen) atoms. The number of nitrogens with zero attached hydrogens (tertiary/aromatic N) is 3. The molecule has 1 heterocycles. The minimum atomic E-state index is 0.0347. The maximum absolute atomic E-state index is 6.06. The lowest BCUT2D eigenvalue weighted by atomic mass is 9.96. The Morgan fingerprint density at radius 2 is 1.96 bits per heavy atom. The van der Waals surface area contributed by atoms with Crippen molar-refractivity contribution < 1.29 is 4.74 Å². The Labute approximate surface area is 163 Å². The van der Waals surface area contributed by atoms with Crippen LogP contribution in [0.3, 0.4) is 0 Å². The maximum atomic E-state index is 6.06. The standard InChI is InChI=1S/C19H26BrN3OS/c1-8-23(7)11-21-14-9-13(3)15(10-12(14)2)24-18-22-17(20)16(25-18)19(4,5)6/h9-11H,8H2,1-7H3/b21-11+. The van der Waals surface area contributed by atoms with Gasteiger partial charge < -0.3 is 9.64 Å². The van der Waals surface area contributed by atoms with Gasteiger partial charge in [0.05, 0.1) is 12.0 Å². The Kier molecular flexibility index (Phi) is 6.27. The molecular weight excluding hydrogens is 398 g/mol. The molecule has 0 saturated heterocycles. The fourth-order valence-electron chi connectivity index (χ4n) is 2.15. The van der Waals surface area contributed by atoms with Gasteiger partial charge in [0.1, 0.15) is 10.4 Å². The molecule has 2 rings (SSSR count). The molecule has 0 aliphatic heterocycles. The molecule has 4 nitrogen and oxygen atoms in total. The second kappa shape index (κ2) is 7.87. The van der Waals surface area contributed by atoms with Crippen LogP contribution in [0.1, 0.15) is 43.7 Å². The van der Waals surface area contributed by atoms with Crippen molar-refractivity contribution in [2.75, 3.05) is 13.6 Å². The summed E-state index contributed by atoms with van der Waals surface area (Å²) in [5.41, 5.74) is 3.11. The number of aromatic nitrogens is 1. The van der Waals surface area contributed by atoms with Crippen LogP contribution in [0.5, 0.6) is 10.9 Å². The Bertz CT molecular complexity index is 778. The molecule has 0 radical (unpaired) electrons. The van der Waals surface area contributed by atoms with Crippen LogP contribution >= 0.6 is 27.3 Å². The zero-order chi connectivity index (χ0) is 18.8. The van der Waals surface area contributed by atoms with Gasteiger partial charge in [-0.1, -0.05) is 32.1 Å². The van der Waals surface area contributed by atoms with Crippen LogP contribution in [-0.2, 0) is 5.41 Å². The second-order valence-corrected chi connectivity index (χ2v) is 8.89. The van der Waals surface area contributed by atoms with Gasteiger partial charge in [-0.2, -0.15) is 4.98 Å². The third-order valence-corrected chi connectivity index (χ3v) is 6.03. The number of ether oxygens (including phenoxy) is 1. The first kappa shape index (κ1) is 19.9. The lowest BCUT2D eigenvalue weighted by Gasteiger charge is -2.15. The van der Waals surface area contributed by atoms with Gasteiger partial charge in [0, 0.05) is 18.5 Å². The molecule has 0 aliphatic carbocycles. The van der Waals surface area contributed by atoms with Crippen molar-refractivity contribution in [1.82, 2.24) is 9.88 Å². The predicted octanol–water partition coefficient (Wildman–Crippen LogP) is 6.22. The Morgan fingerprint density at radius 1 is 1.28 bits per heavy atom. The van der Waals surface area contributed by atoms with Gasteiger partial charge in [0.2, 0.25) is 0 Å². The van der Waals surface area contributed by atoms with E-state index in [2.05, 4.69) is 59.7 Å². The fraction of sp³-hybridized carbons (Fsp3) is 0.474.